The fourth-order valence-corrected chi connectivity index (χ4v) is 3.23. The summed E-state index contributed by atoms with van der Waals surface area (Å²) in [6.45, 7) is 2.88. The molecule has 0 saturated heterocycles. The number of nitrogens with zero attached hydrogens (tertiary/aromatic N) is 3. The van der Waals surface area contributed by atoms with Crippen molar-refractivity contribution >= 4 is 33.1 Å². The molecule has 2 heterocycles. The molecule has 100 valence electrons. The standard InChI is InChI=1S/C13H16N4OS/c1-2-7-17(8-3-4-8)13(18)11-10(14)9-5-6-15-16-12(9)19-11/h5-6,8H,2-4,7,14H2,1H3. The van der Waals surface area contributed by atoms with Gasteiger partial charge in [0.1, 0.15) is 9.71 Å². The molecule has 19 heavy (non-hydrogen) atoms. The summed E-state index contributed by atoms with van der Waals surface area (Å²) in [7, 11) is 0. The molecule has 2 aromatic rings. The smallest absolute Gasteiger partial charge is 0.266 e. The number of nitrogens with two attached hydrogens (primary N) is 1. The quantitative estimate of drug-likeness (QED) is 0.930. The molecule has 0 radical (unpaired) electrons. The summed E-state index contributed by atoms with van der Waals surface area (Å²) < 4.78 is 0. The molecule has 5 nitrogen and oxygen atoms in total. The third kappa shape index (κ3) is 2.16. The molecule has 0 bridgehead atoms. The molecule has 3 rings (SSSR count). The lowest BCUT2D eigenvalue weighted by Gasteiger charge is -2.21. The molecule has 6 heteroatoms. The van der Waals surface area contributed by atoms with Crippen LogP contribution >= 0.6 is 11.3 Å². The van der Waals surface area contributed by atoms with Crippen LogP contribution < -0.4 is 5.73 Å². The molecule has 0 aromatic carbocycles. The summed E-state index contributed by atoms with van der Waals surface area (Å²) >= 11 is 1.34. The van der Waals surface area contributed by atoms with Crippen LogP contribution in [0.25, 0.3) is 10.2 Å². The maximum absolute atomic E-state index is 12.6. The van der Waals surface area contributed by atoms with Crippen molar-refractivity contribution in [2.75, 3.05) is 12.3 Å². The molecule has 0 atom stereocenters. The summed E-state index contributed by atoms with van der Waals surface area (Å²) in [4.78, 5) is 15.9. The Kier molecular flexibility index (Phi) is 3.10. The number of thiophene rings is 1. The predicted molar refractivity (Wildman–Crippen MR) is 76.2 cm³/mol. The monoisotopic (exact) mass is 276 g/mol. The number of rotatable bonds is 4. The van der Waals surface area contributed by atoms with Gasteiger partial charge in [-0.25, -0.2) is 0 Å². The van der Waals surface area contributed by atoms with Crippen LogP contribution in [0.1, 0.15) is 35.9 Å². The van der Waals surface area contributed by atoms with E-state index in [2.05, 4.69) is 17.1 Å². The number of carbonyl (C=O) groups excluding carboxylic acids is 1. The lowest BCUT2D eigenvalue weighted by Crippen LogP contribution is -2.33. The second-order valence-electron chi connectivity index (χ2n) is 4.82. The summed E-state index contributed by atoms with van der Waals surface area (Å²) in [5.41, 5.74) is 6.63. The minimum absolute atomic E-state index is 0.0462. The van der Waals surface area contributed by atoms with Gasteiger partial charge in [-0.2, -0.15) is 5.10 Å². The number of hydrogen-bond acceptors (Lipinski definition) is 5. The maximum atomic E-state index is 12.6. The number of anilines is 1. The third-order valence-electron chi connectivity index (χ3n) is 3.33. The lowest BCUT2D eigenvalue weighted by atomic mass is 10.2. The molecular weight excluding hydrogens is 260 g/mol. The van der Waals surface area contributed by atoms with Gasteiger partial charge in [-0.1, -0.05) is 6.92 Å². The van der Waals surface area contributed by atoms with E-state index in [0.29, 0.717) is 16.6 Å². The summed E-state index contributed by atoms with van der Waals surface area (Å²) in [5.74, 6) is 0.0462. The van der Waals surface area contributed by atoms with E-state index in [9.17, 15) is 4.79 Å². The van der Waals surface area contributed by atoms with E-state index in [1.807, 2.05) is 11.0 Å². The normalized spacial score (nSPS) is 14.8. The molecule has 1 aliphatic carbocycles. The van der Waals surface area contributed by atoms with Gasteiger partial charge >= 0.3 is 0 Å². The third-order valence-corrected chi connectivity index (χ3v) is 4.42. The van der Waals surface area contributed by atoms with E-state index in [1.54, 1.807) is 6.20 Å². The highest BCUT2D eigenvalue weighted by Gasteiger charge is 2.34. The number of fused-ring (bicyclic) bond motifs is 1. The Labute approximate surface area is 115 Å². The van der Waals surface area contributed by atoms with Gasteiger partial charge in [0.25, 0.3) is 5.91 Å². The Morgan fingerprint density at radius 2 is 2.37 bits per heavy atom. The number of amides is 1. The van der Waals surface area contributed by atoms with Crippen LogP contribution in [-0.4, -0.2) is 33.6 Å². The van der Waals surface area contributed by atoms with E-state index in [0.717, 1.165) is 36.0 Å². The van der Waals surface area contributed by atoms with E-state index in [4.69, 9.17) is 5.73 Å². The number of aromatic nitrogens is 2. The zero-order chi connectivity index (χ0) is 13.4. The van der Waals surface area contributed by atoms with Gasteiger partial charge in [0.05, 0.1) is 11.9 Å². The van der Waals surface area contributed by atoms with Crippen molar-refractivity contribution in [3.8, 4) is 0 Å². The Balaban J connectivity index is 1.98. The first kappa shape index (κ1) is 12.3. The van der Waals surface area contributed by atoms with Gasteiger partial charge in [0, 0.05) is 18.0 Å². The highest BCUT2D eigenvalue weighted by atomic mass is 32.1. The molecule has 0 unspecified atom stereocenters. The van der Waals surface area contributed by atoms with Gasteiger partial charge < -0.3 is 10.6 Å². The van der Waals surface area contributed by atoms with Crippen LogP contribution in [0.5, 0.6) is 0 Å². The van der Waals surface area contributed by atoms with Crippen molar-refractivity contribution in [1.29, 1.82) is 0 Å². The Morgan fingerprint density at radius 3 is 3.00 bits per heavy atom. The summed E-state index contributed by atoms with van der Waals surface area (Å²) in [6, 6.07) is 2.22. The van der Waals surface area contributed by atoms with Gasteiger partial charge in [-0.15, -0.1) is 16.4 Å². The predicted octanol–water partition coefficient (Wildman–Crippen LogP) is 2.29. The Morgan fingerprint density at radius 1 is 1.58 bits per heavy atom. The topological polar surface area (TPSA) is 72.1 Å². The molecule has 0 aliphatic heterocycles. The second kappa shape index (κ2) is 4.77. The van der Waals surface area contributed by atoms with Crippen molar-refractivity contribution in [3.05, 3.63) is 17.1 Å². The molecule has 1 saturated carbocycles. The molecule has 1 amide bonds. The van der Waals surface area contributed by atoms with Crippen molar-refractivity contribution < 1.29 is 4.79 Å². The first-order chi connectivity index (χ1) is 9.22. The van der Waals surface area contributed by atoms with Crippen LogP contribution in [-0.2, 0) is 0 Å². The second-order valence-corrected chi connectivity index (χ2v) is 5.82. The minimum Gasteiger partial charge on any atom is -0.397 e. The minimum atomic E-state index is 0.0462. The fourth-order valence-electron chi connectivity index (χ4n) is 2.24. The Hall–Kier alpha value is -1.69. The van der Waals surface area contributed by atoms with Gasteiger partial charge in [-0.05, 0) is 25.3 Å². The van der Waals surface area contributed by atoms with Crippen molar-refractivity contribution in [2.45, 2.75) is 32.2 Å². The van der Waals surface area contributed by atoms with E-state index in [1.165, 1.54) is 11.3 Å². The maximum Gasteiger partial charge on any atom is 0.266 e. The fraction of sp³-hybridized carbons (Fsp3) is 0.462. The summed E-state index contributed by atoms with van der Waals surface area (Å²) in [5, 5.41) is 8.69. The van der Waals surface area contributed by atoms with Crippen molar-refractivity contribution in [2.24, 2.45) is 0 Å². The van der Waals surface area contributed by atoms with Crippen molar-refractivity contribution in [1.82, 2.24) is 15.1 Å². The average molecular weight is 276 g/mol. The van der Waals surface area contributed by atoms with Crippen LogP contribution in [0.3, 0.4) is 0 Å². The van der Waals surface area contributed by atoms with Crippen LogP contribution in [0.4, 0.5) is 5.69 Å². The van der Waals surface area contributed by atoms with Gasteiger partial charge in [0.2, 0.25) is 0 Å². The number of nitrogen functional groups attached to an aromatic ring is 1. The number of hydrogen-bond donors (Lipinski definition) is 1. The van der Waals surface area contributed by atoms with E-state index >= 15 is 0 Å². The molecule has 1 aliphatic rings. The van der Waals surface area contributed by atoms with Crippen LogP contribution in [0.15, 0.2) is 12.3 Å². The first-order valence-corrected chi connectivity index (χ1v) is 7.34. The average Bonchev–Trinajstić information content (AvgIpc) is 3.21. The van der Waals surface area contributed by atoms with E-state index in [-0.39, 0.29) is 5.91 Å². The van der Waals surface area contributed by atoms with E-state index < -0.39 is 0 Å². The van der Waals surface area contributed by atoms with Crippen LogP contribution in [0.2, 0.25) is 0 Å². The molecule has 1 fully saturated rings. The SMILES string of the molecule is CCCN(C(=O)c1sc2nnccc2c1N)C1CC1. The van der Waals surface area contributed by atoms with Crippen molar-refractivity contribution in [3.63, 3.8) is 0 Å². The van der Waals surface area contributed by atoms with Gasteiger partial charge in [0.15, 0.2) is 0 Å². The molecule has 2 aromatic heterocycles. The largest absolute Gasteiger partial charge is 0.397 e. The zero-order valence-corrected chi connectivity index (χ0v) is 11.6. The van der Waals surface area contributed by atoms with Crippen LogP contribution in [0, 0.1) is 0 Å². The highest BCUT2D eigenvalue weighted by molar-refractivity contribution is 7.21. The molecule has 2 N–H and O–H groups in total. The lowest BCUT2D eigenvalue weighted by molar-refractivity contribution is 0.0749. The number of carbonyl (C=O) groups is 1. The summed E-state index contributed by atoms with van der Waals surface area (Å²) in [6.07, 6.45) is 4.78. The molecular formula is C13H16N4OS. The van der Waals surface area contributed by atoms with Gasteiger partial charge in [-0.3, -0.25) is 4.79 Å². The zero-order valence-electron chi connectivity index (χ0n) is 10.8. The molecule has 0 spiro atoms. The first-order valence-electron chi connectivity index (χ1n) is 6.53. The highest BCUT2D eigenvalue weighted by Crippen LogP contribution is 2.35. The Bertz CT molecular complexity index is 620.